The van der Waals surface area contributed by atoms with Crippen LogP contribution in [0.15, 0.2) is 28.9 Å². The van der Waals surface area contributed by atoms with Crippen molar-refractivity contribution in [2.75, 3.05) is 52.2 Å². The first-order chi connectivity index (χ1) is 11.6. The Morgan fingerprint density at radius 2 is 2.08 bits per heavy atom. The summed E-state index contributed by atoms with van der Waals surface area (Å²) >= 11 is 3.46. The topological polar surface area (TPSA) is 57.7 Å². The average Bonchev–Trinajstić information content (AvgIpc) is 2.56. The fourth-order valence-corrected chi connectivity index (χ4v) is 3.21. The summed E-state index contributed by atoms with van der Waals surface area (Å²) < 4.78 is 6.46. The number of anilines is 1. The standard InChI is InChI=1S/C17H21BrN4O2/c1-21-5-7-22(8-6-21)11-16(23)20-15-10-19-14-4-3-12(18)9-13(14)17(15)24-2/h3-4,9-10H,5-8,11H2,1-2H3,(H,20,23). The lowest BCUT2D eigenvalue weighted by Crippen LogP contribution is -2.47. The maximum Gasteiger partial charge on any atom is 0.238 e. The number of fused-ring (bicyclic) bond motifs is 1. The van der Waals surface area contributed by atoms with Crippen molar-refractivity contribution >= 4 is 38.4 Å². The van der Waals surface area contributed by atoms with Crippen molar-refractivity contribution < 1.29 is 9.53 Å². The third-order valence-corrected chi connectivity index (χ3v) is 4.72. The average molecular weight is 393 g/mol. The molecule has 0 aliphatic carbocycles. The van der Waals surface area contributed by atoms with Crippen molar-refractivity contribution in [1.82, 2.24) is 14.8 Å². The van der Waals surface area contributed by atoms with Gasteiger partial charge < -0.3 is 15.0 Å². The molecule has 1 N–H and O–H groups in total. The van der Waals surface area contributed by atoms with Crippen LogP contribution < -0.4 is 10.1 Å². The van der Waals surface area contributed by atoms with Gasteiger partial charge >= 0.3 is 0 Å². The zero-order valence-corrected chi connectivity index (χ0v) is 15.5. The lowest BCUT2D eigenvalue weighted by Gasteiger charge is -2.31. The van der Waals surface area contributed by atoms with E-state index in [1.54, 1.807) is 13.3 Å². The molecule has 6 nitrogen and oxygen atoms in total. The quantitative estimate of drug-likeness (QED) is 0.863. The molecule has 1 saturated heterocycles. The van der Waals surface area contributed by atoms with Crippen LogP contribution in [0.4, 0.5) is 5.69 Å². The molecule has 0 radical (unpaired) electrons. The molecule has 1 aliphatic rings. The number of carbonyl (C=O) groups excluding carboxylic acids is 1. The predicted octanol–water partition coefficient (Wildman–Crippen LogP) is 2.19. The van der Waals surface area contributed by atoms with Crippen molar-refractivity contribution in [3.8, 4) is 5.75 Å². The van der Waals surface area contributed by atoms with Crippen LogP contribution >= 0.6 is 15.9 Å². The Morgan fingerprint density at radius 1 is 1.33 bits per heavy atom. The molecule has 0 unspecified atom stereocenters. The van der Waals surface area contributed by atoms with Crippen LogP contribution in [0.3, 0.4) is 0 Å². The summed E-state index contributed by atoms with van der Waals surface area (Å²) in [6.45, 7) is 4.17. The lowest BCUT2D eigenvalue weighted by atomic mass is 10.2. The number of nitrogens with zero attached hydrogens (tertiary/aromatic N) is 3. The fraction of sp³-hybridized carbons (Fsp3) is 0.412. The van der Waals surface area contributed by atoms with E-state index in [0.717, 1.165) is 41.6 Å². The maximum atomic E-state index is 12.4. The van der Waals surface area contributed by atoms with Crippen LogP contribution in [-0.4, -0.2) is 67.6 Å². The number of nitrogens with one attached hydrogen (secondary N) is 1. The van der Waals surface area contributed by atoms with Gasteiger partial charge in [0.25, 0.3) is 0 Å². The number of benzene rings is 1. The second-order valence-electron chi connectivity index (χ2n) is 5.99. The summed E-state index contributed by atoms with van der Waals surface area (Å²) in [5.41, 5.74) is 1.43. The van der Waals surface area contributed by atoms with Crippen molar-refractivity contribution in [2.24, 2.45) is 0 Å². The molecule has 2 aromatic rings. The van der Waals surface area contributed by atoms with Crippen LogP contribution in [0.2, 0.25) is 0 Å². The molecule has 0 atom stereocenters. The minimum absolute atomic E-state index is 0.0472. The zero-order chi connectivity index (χ0) is 17.1. The van der Waals surface area contributed by atoms with Gasteiger partial charge in [-0.1, -0.05) is 15.9 Å². The van der Waals surface area contributed by atoms with Crippen LogP contribution in [0, 0.1) is 0 Å². The number of ether oxygens (including phenoxy) is 1. The van der Waals surface area contributed by atoms with Crippen molar-refractivity contribution in [3.63, 3.8) is 0 Å². The molecule has 24 heavy (non-hydrogen) atoms. The summed E-state index contributed by atoms with van der Waals surface area (Å²) in [6, 6.07) is 5.79. The van der Waals surface area contributed by atoms with Gasteiger partial charge in [0, 0.05) is 36.0 Å². The Bertz CT molecular complexity index is 745. The number of aromatic nitrogens is 1. The highest BCUT2D eigenvalue weighted by molar-refractivity contribution is 9.10. The van der Waals surface area contributed by atoms with Gasteiger partial charge in [-0.15, -0.1) is 0 Å². The van der Waals surface area contributed by atoms with Gasteiger partial charge in [-0.25, -0.2) is 0 Å². The Balaban J connectivity index is 1.75. The summed E-state index contributed by atoms with van der Waals surface area (Å²) in [5, 5.41) is 3.80. The fourth-order valence-electron chi connectivity index (χ4n) is 2.85. The van der Waals surface area contributed by atoms with E-state index in [0.29, 0.717) is 18.0 Å². The Morgan fingerprint density at radius 3 is 2.79 bits per heavy atom. The van der Waals surface area contributed by atoms with E-state index in [4.69, 9.17) is 4.74 Å². The Kier molecular flexibility index (Phi) is 5.33. The second-order valence-corrected chi connectivity index (χ2v) is 6.91. The van der Waals surface area contributed by atoms with Crippen LogP contribution in [0.25, 0.3) is 10.9 Å². The van der Waals surface area contributed by atoms with Crippen LogP contribution in [0.5, 0.6) is 5.75 Å². The van der Waals surface area contributed by atoms with Gasteiger partial charge in [-0.3, -0.25) is 14.7 Å². The molecule has 128 valence electrons. The minimum atomic E-state index is -0.0472. The second kappa shape index (κ2) is 7.46. The number of methoxy groups -OCH3 is 1. The number of carbonyl (C=O) groups is 1. The first-order valence-corrected chi connectivity index (χ1v) is 8.69. The number of amides is 1. The Hall–Kier alpha value is -1.70. The highest BCUT2D eigenvalue weighted by Gasteiger charge is 2.18. The summed E-state index contributed by atoms with van der Waals surface area (Å²) in [7, 11) is 3.70. The van der Waals surface area contributed by atoms with E-state index >= 15 is 0 Å². The number of piperazine rings is 1. The highest BCUT2D eigenvalue weighted by Crippen LogP contribution is 2.33. The number of pyridine rings is 1. The maximum absolute atomic E-state index is 12.4. The smallest absolute Gasteiger partial charge is 0.238 e. The monoisotopic (exact) mass is 392 g/mol. The van der Waals surface area contributed by atoms with Gasteiger partial charge in [0.2, 0.25) is 5.91 Å². The van der Waals surface area contributed by atoms with Gasteiger partial charge in [-0.2, -0.15) is 0 Å². The molecule has 1 aromatic heterocycles. The van der Waals surface area contributed by atoms with Gasteiger partial charge in [0.1, 0.15) is 5.69 Å². The molecule has 0 spiro atoms. The number of hydrogen-bond donors (Lipinski definition) is 1. The third kappa shape index (κ3) is 3.85. The van der Waals surface area contributed by atoms with Crippen molar-refractivity contribution in [1.29, 1.82) is 0 Å². The SMILES string of the molecule is COc1c(NC(=O)CN2CCN(C)CC2)cnc2ccc(Br)cc12. The van der Waals surface area contributed by atoms with E-state index in [-0.39, 0.29) is 5.91 Å². The molecule has 1 fully saturated rings. The molecular weight excluding hydrogens is 372 g/mol. The van der Waals surface area contributed by atoms with E-state index in [1.165, 1.54) is 0 Å². The van der Waals surface area contributed by atoms with Gasteiger partial charge in [0.05, 0.1) is 25.4 Å². The van der Waals surface area contributed by atoms with Crippen LogP contribution in [-0.2, 0) is 4.79 Å². The minimum Gasteiger partial charge on any atom is -0.494 e. The molecule has 1 aliphatic heterocycles. The molecular formula is C17H21BrN4O2. The summed E-state index contributed by atoms with van der Waals surface area (Å²) in [5.74, 6) is 0.585. The van der Waals surface area contributed by atoms with E-state index in [9.17, 15) is 4.79 Å². The summed E-state index contributed by atoms with van der Waals surface area (Å²) in [4.78, 5) is 21.2. The normalized spacial score (nSPS) is 16.3. The predicted molar refractivity (Wildman–Crippen MR) is 98.6 cm³/mol. The number of likely N-dealkylation sites (N-methyl/N-ethyl adjacent to an activating group) is 1. The highest BCUT2D eigenvalue weighted by atomic mass is 79.9. The summed E-state index contributed by atoms with van der Waals surface area (Å²) in [6.07, 6.45) is 1.65. The molecule has 3 rings (SSSR count). The van der Waals surface area contributed by atoms with Crippen LogP contribution in [0.1, 0.15) is 0 Å². The van der Waals surface area contributed by atoms with Gasteiger partial charge in [-0.05, 0) is 25.2 Å². The van der Waals surface area contributed by atoms with Crippen molar-refractivity contribution in [2.45, 2.75) is 0 Å². The third-order valence-electron chi connectivity index (χ3n) is 4.22. The van der Waals surface area contributed by atoms with Crippen molar-refractivity contribution in [3.05, 3.63) is 28.9 Å². The first-order valence-electron chi connectivity index (χ1n) is 7.90. The first kappa shape index (κ1) is 17.1. The van der Waals surface area contributed by atoms with E-state index in [2.05, 4.69) is 43.1 Å². The molecule has 2 heterocycles. The molecule has 0 bridgehead atoms. The largest absolute Gasteiger partial charge is 0.494 e. The van der Waals surface area contributed by atoms with Gasteiger partial charge in [0.15, 0.2) is 5.75 Å². The molecule has 7 heteroatoms. The lowest BCUT2D eigenvalue weighted by molar-refractivity contribution is -0.117. The number of halogens is 1. The zero-order valence-electron chi connectivity index (χ0n) is 13.9. The number of rotatable bonds is 4. The van der Waals surface area contributed by atoms with E-state index in [1.807, 2.05) is 18.2 Å². The Labute approximate surface area is 149 Å². The molecule has 1 amide bonds. The number of hydrogen-bond acceptors (Lipinski definition) is 5. The molecule has 1 aromatic carbocycles. The van der Waals surface area contributed by atoms with E-state index < -0.39 is 0 Å². The molecule has 0 saturated carbocycles.